The zero-order chi connectivity index (χ0) is 10.8. The second kappa shape index (κ2) is 4.31. The lowest BCUT2D eigenvalue weighted by Crippen LogP contribution is -2.42. The third-order valence-electron chi connectivity index (χ3n) is 3.10. The average molecular weight is 208 g/mol. The third kappa shape index (κ3) is 2.37. The van der Waals surface area contributed by atoms with E-state index in [2.05, 4.69) is 33.9 Å². The molecule has 0 saturated carbocycles. The lowest BCUT2D eigenvalue weighted by atomic mass is 10.1. The van der Waals surface area contributed by atoms with Crippen LogP contribution < -0.4 is 5.32 Å². The van der Waals surface area contributed by atoms with E-state index in [-0.39, 0.29) is 0 Å². The molecule has 0 aromatic carbocycles. The lowest BCUT2D eigenvalue weighted by Gasteiger charge is -2.26. The van der Waals surface area contributed by atoms with E-state index in [0.29, 0.717) is 12.1 Å². The van der Waals surface area contributed by atoms with Gasteiger partial charge in [-0.05, 0) is 26.7 Å². The molecule has 1 aliphatic rings. The highest BCUT2D eigenvalue weighted by Crippen LogP contribution is 2.13. The minimum atomic E-state index is 0.563. The van der Waals surface area contributed by atoms with Gasteiger partial charge in [0.05, 0.1) is 6.54 Å². The topological polar surface area (TPSA) is 42.7 Å². The molecule has 1 N–H and O–H groups in total. The number of hydrogen-bond acceptors (Lipinski definition) is 3. The SMILES string of the molecule is CCC(C)NC1CCc2nc(C)nn2C1. The molecular formula is C11H20N4. The van der Waals surface area contributed by atoms with Crippen molar-refractivity contribution < 1.29 is 0 Å². The van der Waals surface area contributed by atoms with Crippen molar-refractivity contribution in [1.82, 2.24) is 20.1 Å². The summed E-state index contributed by atoms with van der Waals surface area (Å²) in [6.45, 7) is 7.39. The van der Waals surface area contributed by atoms with Gasteiger partial charge in [0.1, 0.15) is 11.6 Å². The van der Waals surface area contributed by atoms with Crippen molar-refractivity contribution in [2.24, 2.45) is 0 Å². The molecule has 1 aliphatic heterocycles. The summed E-state index contributed by atoms with van der Waals surface area (Å²) in [5.41, 5.74) is 0. The molecular weight excluding hydrogens is 188 g/mol. The molecule has 2 atom stereocenters. The highest BCUT2D eigenvalue weighted by atomic mass is 15.4. The second-order valence-electron chi connectivity index (χ2n) is 4.47. The highest BCUT2D eigenvalue weighted by Gasteiger charge is 2.21. The van der Waals surface area contributed by atoms with E-state index < -0.39 is 0 Å². The predicted octanol–water partition coefficient (Wildman–Crippen LogP) is 1.29. The van der Waals surface area contributed by atoms with Crippen molar-refractivity contribution in [1.29, 1.82) is 0 Å². The first-order chi connectivity index (χ1) is 7.19. The summed E-state index contributed by atoms with van der Waals surface area (Å²) in [6.07, 6.45) is 3.41. The zero-order valence-corrected chi connectivity index (χ0v) is 9.82. The molecule has 0 bridgehead atoms. The molecule has 0 spiro atoms. The fraction of sp³-hybridized carbons (Fsp3) is 0.818. The molecule has 2 heterocycles. The minimum absolute atomic E-state index is 0.563. The van der Waals surface area contributed by atoms with E-state index in [1.165, 1.54) is 12.8 Å². The average Bonchev–Trinajstić information content (AvgIpc) is 2.57. The Bertz CT molecular complexity index is 331. The highest BCUT2D eigenvalue weighted by molar-refractivity contribution is 4.96. The van der Waals surface area contributed by atoms with Crippen LogP contribution in [0.3, 0.4) is 0 Å². The number of aryl methyl sites for hydroxylation is 2. The van der Waals surface area contributed by atoms with Gasteiger partial charge in [-0.1, -0.05) is 6.92 Å². The maximum atomic E-state index is 4.41. The van der Waals surface area contributed by atoms with Crippen molar-refractivity contribution in [3.8, 4) is 0 Å². The van der Waals surface area contributed by atoms with E-state index in [9.17, 15) is 0 Å². The summed E-state index contributed by atoms with van der Waals surface area (Å²) in [6, 6.07) is 1.16. The second-order valence-corrected chi connectivity index (χ2v) is 4.47. The van der Waals surface area contributed by atoms with E-state index in [0.717, 1.165) is 24.6 Å². The first-order valence-electron chi connectivity index (χ1n) is 5.85. The number of rotatable bonds is 3. The van der Waals surface area contributed by atoms with Gasteiger partial charge in [0.15, 0.2) is 0 Å². The largest absolute Gasteiger partial charge is 0.310 e. The van der Waals surface area contributed by atoms with E-state index in [1.807, 2.05) is 6.92 Å². The van der Waals surface area contributed by atoms with E-state index >= 15 is 0 Å². The predicted molar refractivity (Wildman–Crippen MR) is 59.8 cm³/mol. The van der Waals surface area contributed by atoms with Crippen LogP contribution in [-0.4, -0.2) is 26.8 Å². The van der Waals surface area contributed by atoms with Gasteiger partial charge < -0.3 is 5.32 Å². The van der Waals surface area contributed by atoms with Gasteiger partial charge in [0.2, 0.25) is 0 Å². The molecule has 1 aromatic heterocycles. The summed E-state index contributed by atoms with van der Waals surface area (Å²) < 4.78 is 2.05. The fourth-order valence-corrected chi connectivity index (χ4v) is 2.09. The Morgan fingerprint density at radius 2 is 2.40 bits per heavy atom. The van der Waals surface area contributed by atoms with Crippen LogP contribution in [0.15, 0.2) is 0 Å². The fourth-order valence-electron chi connectivity index (χ4n) is 2.09. The summed E-state index contributed by atoms with van der Waals surface area (Å²) in [7, 11) is 0. The Morgan fingerprint density at radius 1 is 1.60 bits per heavy atom. The number of nitrogens with zero attached hydrogens (tertiary/aromatic N) is 3. The Labute approximate surface area is 91.1 Å². The quantitative estimate of drug-likeness (QED) is 0.814. The van der Waals surface area contributed by atoms with Crippen molar-refractivity contribution >= 4 is 0 Å². The molecule has 15 heavy (non-hydrogen) atoms. The minimum Gasteiger partial charge on any atom is -0.310 e. The first-order valence-corrected chi connectivity index (χ1v) is 5.85. The van der Waals surface area contributed by atoms with Crippen LogP contribution in [0.5, 0.6) is 0 Å². The Hall–Kier alpha value is -0.900. The van der Waals surface area contributed by atoms with Gasteiger partial charge in [-0.25, -0.2) is 9.67 Å². The lowest BCUT2D eigenvalue weighted by molar-refractivity contribution is 0.329. The standard InChI is InChI=1S/C11H20N4/c1-4-8(2)12-10-5-6-11-13-9(3)14-15(11)7-10/h8,10,12H,4-7H2,1-3H3. The van der Waals surface area contributed by atoms with Crippen molar-refractivity contribution in [2.45, 2.75) is 58.7 Å². The van der Waals surface area contributed by atoms with E-state index in [1.54, 1.807) is 0 Å². The maximum Gasteiger partial charge on any atom is 0.147 e. The zero-order valence-electron chi connectivity index (χ0n) is 9.82. The Kier molecular flexibility index (Phi) is 3.05. The third-order valence-corrected chi connectivity index (χ3v) is 3.10. The Morgan fingerprint density at radius 3 is 3.13 bits per heavy atom. The van der Waals surface area contributed by atoms with Gasteiger partial charge in [-0.2, -0.15) is 5.10 Å². The summed E-state index contributed by atoms with van der Waals surface area (Å²) in [4.78, 5) is 4.41. The monoisotopic (exact) mass is 208 g/mol. The van der Waals surface area contributed by atoms with Crippen LogP contribution in [0.2, 0.25) is 0 Å². The van der Waals surface area contributed by atoms with Crippen LogP contribution in [0.25, 0.3) is 0 Å². The Balaban J connectivity index is 1.99. The van der Waals surface area contributed by atoms with Crippen molar-refractivity contribution in [3.05, 3.63) is 11.6 Å². The van der Waals surface area contributed by atoms with Crippen LogP contribution in [0.4, 0.5) is 0 Å². The maximum absolute atomic E-state index is 4.41. The molecule has 1 aromatic rings. The molecule has 2 unspecified atom stereocenters. The van der Waals surface area contributed by atoms with Crippen molar-refractivity contribution in [2.75, 3.05) is 0 Å². The number of hydrogen-bond donors (Lipinski definition) is 1. The van der Waals surface area contributed by atoms with E-state index in [4.69, 9.17) is 0 Å². The molecule has 4 heteroatoms. The molecule has 0 radical (unpaired) electrons. The first kappa shape index (κ1) is 10.6. The van der Waals surface area contributed by atoms with Gasteiger partial charge in [0, 0.05) is 18.5 Å². The molecule has 0 fully saturated rings. The van der Waals surface area contributed by atoms with Crippen LogP contribution in [0.1, 0.15) is 38.3 Å². The van der Waals surface area contributed by atoms with Gasteiger partial charge in [-0.3, -0.25) is 0 Å². The van der Waals surface area contributed by atoms with Crippen LogP contribution in [0, 0.1) is 6.92 Å². The van der Waals surface area contributed by atoms with Gasteiger partial charge in [0.25, 0.3) is 0 Å². The van der Waals surface area contributed by atoms with Gasteiger partial charge >= 0.3 is 0 Å². The number of aromatic nitrogens is 3. The molecule has 4 nitrogen and oxygen atoms in total. The molecule has 2 rings (SSSR count). The summed E-state index contributed by atoms with van der Waals surface area (Å²) in [5, 5.41) is 8.03. The smallest absolute Gasteiger partial charge is 0.147 e. The number of fused-ring (bicyclic) bond motifs is 1. The molecule has 0 aliphatic carbocycles. The van der Waals surface area contributed by atoms with Crippen LogP contribution >= 0.6 is 0 Å². The molecule has 84 valence electrons. The number of nitrogens with one attached hydrogen (secondary N) is 1. The molecule has 0 saturated heterocycles. The van der Waals surface area contributed by atoms with Crippen molar-refractivity contribution in [3.63, 3.8) is 0 Å². The van der Waals surface area contributed by atoms with Crippen LogP contribution in [-0.2, 0) is 13.0 Å². The summed E-state index contributed by atoms with van der Waals surface area (Å²) in [5.74, 6) is 2.05. The molecule has 0 amide bonds. The van der Waals surface area contributed by atoms with Gasteiger partial charge in [-0.15, -0.1) is 0 Å². The normalized spacial score (nSPS) is 22.5. The summed E-state index contributed by atoms with van der Waals surface area (Å²) >= 11 is 0.